The van der Waals surface area contributed by atoms with Crippen molar-refractivity contribution >= 4 is 21.8 Å². The van der Waals surface area contributed by atoms with Gasteiger partial charge in [-0.15, -0.1) is 0 Å². The Bertz CT molecular complexity index is 545. The minimum absolute atomic E-state index is 0.262. The highest BCUT2D eigenvalue weighted by Crippen LogP contribution is 2.09. The van der Waals surface area contributed by atoms with Crippen LogP contribution in [0.15, 0.2) is 46.1 Å². The molecule has 0 aliphatic heterocycles. The Morgan fingerprint density at radius 1 is 1.56 bits per heavy atom. The number of nitrogens with zero attached hydrogens (tertiary/aromatic N) is 2. The van der Waals surface area contributed by atoms with Gasteiger partial charge in [-0.2, -0.15) is 5.10 Å². The van der Waals surface area contributed by atoms with Crippen LogP contribution in [0.25, 0.3) is 0 Å². The van der Waals surface area contributed by atoms with Crippen molar-refractivity contribution in [3.63, 3.8) is 0 Å². The van der Waals surface area contributed by atoms with Crippen LogP contribution in [0.3, 0.4) is 0 Å². The molecule has 1 amide bonds. The zero-order valence-electron chi connectivity index (χ0n) is 9.60. The number of carbonyl (C=O) groups is 1. The van der Waals surface area contributed by atoms with Gasteiger partial charge in [0.1, 0.15) is 5.76 Å². The van der Waals surface area contributed by atoms with Crippen LogP contribution >= 0.6 is 15.9 Å². The third kappa shape index (κ3) is 3.33. The molecule has 0 spiro atoms. The first-order valence-corrected chi connectivity index (χ1v) is 6.12. The molecule has 94 valence electrons. The summed E-state index contributed by atoms with van der Waals surface area (Å²) in [5.74, 6) is 0.703. The lowest BCUT2D eigenvalue weighted by Crippen LogP contribution is -2.23. The van der Waals surface area contributed by atoms with Crippen molar-refractivity contribution in [3.8, 4) is 0 Å². The fourth-order valence-electron chi connectivity index (χ4n) is 1.40. The maximum atomic E-state index is 11.7. The summed E-state index contributed by atoms with van der Waals surface area (Å²) >= 11 is 3.17. The molecule has 0 saturated carbocycles. The molecule has 0 aromatic carbocycles. The number of rotatable bonds is 5. The Hall–Kier alpha value is -1.82. The van der Waals surface area contributed by atoms with E-state index in [0.717, 1.165) is 0 Å². The van der Waals surface area contributed by atoms with Gasteiger partial charge in [-0.25, -0.2) is 0 Å². The molecule has 0 unspecified atom stereocenters. The molecule has 0 aliphatic rings. The molecular weight excluding hydrogens is 298 g/mol. The summed E-state index contributed by atoms with van der Waals surface area (Å²) in [6.07, 6.45) is 3.52. The Morgan fingerprint density at radius 3 is 3.06 bits per heavy atom. The van der Waals surface area contributed by atoms with Crippen molar-refractivity contribution in [3.05, 3.63) is 53.2 Å². The largest absolute Gasteiger partial charge is 0.454 e. The monoisotopic (exact) mass is 309 g/mol. The normalized spacial score (nSPS) is 10.3. The molecule has 1 N–H and O–H groups in total. The molecule has 0 saturated heterocycles. The van der Waals surface area contributed by atoms with Crippen molar-refractivity contribution in [2.45, 2.75) is 6.54 Å². The Labute approximate surface area is 113 Å². The number of carbonyl (C=O) groups excluding carboxylic acids is 1. The second-order valence-electron chi connectivity index (χ2n) is 3.67. The quantitative estimate of drug-likeness (QED) is 0.920. The van der Waals surface area contributed by atoms with Crippen LogP contribution in [-0.2, 0) is 6.54 Å². The molecular formula is C12H12BrN3O2. The molecule has 0 atom stereocenters. The van der Waals surface area contributed by atoms with Gasteiger partial charge in [-0.05, 0) is 18.2 Å². The summed E-state index contributed by atoms with van der Waals surface area (Å²) in [6, 6.07) is 5.24. The van der Waals surface area contributed by atoms with E-state index < -0.39 is 0 Å². The fourth-order valence-corrected chi connectivity index (χ4v) is 1.54. The van der Waals surface area contributed by atoms with E-state index >= 15 is 0 Å². The van der Waals surface area contributed by atoms with Gasteiger partial charge in [-0.3, -0.25) is 9.48 Å². The highest BCUT2D eigenvalue weighted by molar-refractivity contribution is 9.11. The first-order valence-electron chi connectivity index (χ1n) is 5.33. The molecule has 0 aliphatic carbocycles. The summed E-state index contributed by atoms with van der Waals surface area (Å²) in [7, 11) is 0. The number of amides is 1. The lowest BCUT2D eigenvalue weighted by atomic mass is 10.4. The number of hydrogen-bond donors (Lipinski definition) is 1. The van der Waals surface area contributed by atoms with E-state index in [0.29, 0.717) is 23.3 Å². The Balaban J connectivity index is 1.97. The smallest absolute Gasteiger partial charge is 0.287 e. The molecule has 2 heterocycles. The predicted octanol–water partition coefficient (Wildman–Crippen LogP) is 2.16. The molecule has 2 aromatic heterocycles. The lowest BCUT2D eigenvalue weighted by Gasteiger charge is -2.01. The SMILES string of the molecule is C=C(Br)CNC(=O)c1ccc(Cn2cccn2)o1. The highest BCUT2D eigenvalue weighted by atomic mass is 79.9. The molecule has 2 rings (SSSR count). The van der Waals surface area contributed by atoms with Crippen LogP contribution in [-0.4, -0.2) is 22.2 Å². The van der Waals surface area contributed by atoms with Gasteiger partial charge in [-0.1, -0.05) is 22.5 Å². The van der Waals surface area contributed by atoms with E-state index in [1.54, 1.807) is 23.0 Å². The first kappa shape index (κ1) is 12.6. The lowest BCUT2D eigenvalue weighted by molar-refractivity contribution is 0.0928. The topological polar surface area (TPSA) is 60.1 Å². The zero-order chi connectivity index (χ0) is 13.0. The minimum atomic E-state index is -0.262. The summed E-state index contributed by atoms with van der Waals surface area (Å²) in [6.45, 7) is 4.51. The molecule has 0 radical (unpaired) electrons. The number of furan rings is 1. The van der Waals surface area contributed by atoms with Gasteiger partial charge >= 0.3 is 0 Å². The van der Waals surface area contributed by atoms with Gasteiger partial charge in [0, 0.05) is 23.4 Å². The predicted molar refractivity (Wildman–Crippen MR) is 70.4 cm³/mol. The van der Waals surface area contributed by atoms with Crippen LogP contribution < -0.4 is 5.32 Å². The van der Waals surface area contributed by atoms with Crippen LogP contribution in [0.2, 0.25) is 0 Å². The molecule has 2 aromatic rings. The van der Waals surface area contributed by atoms with Crippen LogP contribution in [0.1, 0.15) is 16.3 Å². The number of halogens is 1. The number of nitrogens with one attached hydrogen (secondary N) is 1. The number of hydrogen-bond acceptors (Lipinski definition) is 3. The second-order valence-corrected chi connectivity index (χ2v) is 4.79. The van der Waals surface area contributed by atoms with E-state index in [-0.39, 0.29) is 11.7 Å². The van der Waals surface area contributed by atoms with E-state index in [4.69, 9.17) is 4.42 Å². The fraction of sp³-hybridized carbons (Fsp3) is 0.167. The van der Waals surface area contributed by atoms with Crippen LogP contribution in [0.4, 0.5) is 0 Å². The maximum Gasteiger partial charge on any atom is 0.287 e. The summed E-state index contributed by atoms with van der Waals surface area (Å²) in [5, 5.41) is 6.73. The molecule has 5 nitrogen and oxygen atoms in total. The molecule has 6 heteroatoms. The summed E-state index contributed by atoms with van der Waals surface area (Å²) in [5.41, 5.74) is 0. The van der Waals surface area contributed by atoms with Crippen molar-refractivity contribution in [2.75, 3.05) is 6.54 Å². The van der Waals surface area contributed by atoms with Crippen molar-refractivity contribution in [2.24, 2.45) is 0 Å². The minimum Gasteiger partial charge on any atom is -0.454 e. The van der Waals surface area contributed by atoms with E-state index in [1.165, 1.54) is 0 Å². The maximum absolute atomic E-state index is 11.7. The van der Waals surface area contributed by atoms with Crippen LogP contribution in [0.5, 0.6) is 0 Å². The zero-order valence-corrected chi connectivity index (χ0v) is 11.2. The third-order valence-corrected chi connectivity index (χ3v) is 2.48. The first-order chi connectivity index (χ1) is 8.65. The summed E-state index contributed by atoms with van der Waals surface area (Å²) in [4.78, 5) is 11.7. The van der Waals surface area contributed by atoms with E-state index in [1.807, 2.05) is 12.3 Å². The van der Waals surface area contributed by atoms with Gasteiger partial charge in [0.2, 0.25) is 0 Å². The van der Waals surface area contributed by atoms with Crippen molar-refractivity contribution in [1.29, 1.82) is 0 Å². The van der Waals surface area contributed by atoms with Gasteiger partial charge in [0.25, 0.3) is 5.91 Å². The van der Waals surface area contributed by atoms with Crippen molar-refractivity contribution < 1.29 is 9.21 Å². The number of aromatic nitrogens is 2. The van der Waals surface area contributed by atoms with Gasteiger partial charge in [0.05, 0.1) is 6.54 Å². The molecule has 18 heavy (non-hydrogen) atoms. The standard InChI is InChI=1S/C12H12BrN3O2/c1-9(13)7-14-12(17)11-4-3-10(18-11)8-16-6-2-5-15-16/h2-6H,1,7-8H2,(H,14,17). The Morgan fingerprint density at radius 2 is 2.39 bits per heavy atom. The summed E-state index contributed by atoms with van der Waals surface area (Å²) < 4.78 is 7.86. The highest BCUT2D eigenvalue weighted by Gasteiger charge is 2.11. The molecule has 0 fully saturated rings. The van der Waals surface area contributed by atoms with Crippen LogP contribution in [0, 0.1) is 0 Å². The van der Waals surface area contributed by atoms with E-state index in [2.05, 4.69) is 32.9 Å². The average Bonchev–Trinajstić information content (AvgIpc) is 2.98. The van der Waals surface area contributed by atoms with Crippen molar-refractivity contribution in [1.82, 2.24) is 15.1 Å². The Kier molecular flexibility index (Phi) is 3.99. The second kappa shape index (κ2) is 5.68. The van der Waals surface area contributed by atoms with Gasteiger partial charge < -0.3 is 9.73 Å². The van der Waals surface area contributed by atoms with Gasteiger partial charge in [0.15, 0.2) is 5.76 Å². The van der Waals surface area contributed by atoms with E-state index in [9.17, 15) is 4.79 Å². The molecule has 0 bridgehead atoms. The third-order valence-electron chi connectivity index (χ3n) is 2.20. The average molecular weight is 310 g/mol.